The molecule has 0 fully saturated rings. The molecule has 7 heteroatoms. The van der Waals surface area contributed by atoms with Gasteiger partial charge < -0.3 is 15.4 Å². The first kappa shape index (κ1) is 17.1. The number of fused-ring (bicyclic) bond motifs is 1. The Kier molecular flexibility index (Phi) is 5.19. The van der Waals surface area contributed by atoms with E-state index in [4.69, 9.17) is 0 Å². The molecule has 3 aromatic rings. The number of amides is 2. The van der Waals surface area contributed by atoms with Gasteiger partial charge in [0, 0.05) is 11.5 Å². The smallest absolute Gasteiger partial charge is 0.283 e. The second kappa shape index (κ2) is 7.89. The molecule has 1 heterocycles. The van der Waals surface area contributed by atoms with E-state index < -0.39 is 11.8 Å². The number of hydrogen-bond donors (Lipinski definition) is 3. The van der Waals surface area contributed by atoms with Crippen LogP contribution in [0.15, 0.2) is 70.9 Å². The zero-order chi connectivity index (χ0) is 18.4. The molecule has 0 aliphatic carbocycles. The third kappa shape index (κ3) is 4.21. The van der Waals surface area contributed by atoms with E-state index in [1.807, 2.05) is 36.4 Å². The maximum absolute atomic E-state index is 11.8. The highest BCUT2D eigenvalue weighted by atomic mass is 16.3. The minimum atomic E-state index is -0.629. The van der Waals surface area contributed by atoms with Gasteiger partial charge in [-0.25, -0.2) is 0 Å². The van der Waals surface area contributed by atoms with Crippen molar-refractivity contribution < 1.29 is 14.7 Å². The van der Waals surface area contributed by atoms with Crippen molar-refractivity contribution in [3.8, 4) is 5.88 Å². The Morgan fingerprint density at radius 3 is 2.62 bits per heavy atom. The van der Waals surface area contributed by atoms with E-state index in [2.05, 4.69) is 20.5 Å². The summed E-state index contributed by atoms with van der Waals surface area (Å²) in [5, 5.41) is 20.3. The normalized spacial score (nSPS) is 11.4. The van der Waals surface area contributed by atoms with Gasteiger partial charge in [-0.05, 0) is 17.7 Å². The van der Waals surface area contributed by atoms with Crippen LogP contribution in [0.3, 0.4) is 0 Å². The number of para-hydroxylation sites is 1. The van der Waals surface area contributed by atoms with Crippen LogP contribution in [0, 0.1) is 0 Å². The fourth-order valence-corrected chi connectivity index (χ4v) is 2.31. The Labute approximate surface area is 149 Å². The maximum atomic E-state index is 11.8. The van der Waals surface area contributed by atoms with Gasteiger partial charge in [0.2, 0.25) is 11.8 Å². The molecule has 0 saturated carbocycles. The second-order valence-electron chi connectivity index (χ2n) is 5.42. The van der Waals surface area contributed by atoms with E-state index >= 15 is 0 Å². The first-order valence-electron chi connectivity index (χ1n) is 7.88. The number of aromatic amines is 1. The number of H-pyrrole nitrogens is 1. The van der Waals surface area contributed by atoms with E-state index in [0.717, 1.165) is 5.56 Å². The molecular weight excluding hydrogens is 332 g/mol. The van der Waals surface area contributed by atoms with E-state index in [0.29, 0.717) is 10.9 Å². The van der Waals surface area contributed by atoms with E-state index in [1.165, 1.54) is 6.08 Å². The van der Waals surface area contributed by atoms with E-state index in [9.17, 15) is 14.7 Å². The van der Waals surface area contributed by atoms with Crippen LogP contribution < -0.4 is 5.32 Å². The number of hydrogen-bond acceptors (Lipinski definition) is 4. The van der Waals surface area contributed by atoms with Crippen molar-refractivity contribution in [2.24, 2.45) is 10.2 Å². The van der Waals surface area contributed by atoms with Crippen molar-refractivity contribution in [2.75, 3.05) is 6.54 Å². The molecule has 0 spiro atoms. The number of aromatic nitrogens is 1. The summed E-state index contributed by atoms with van der Waals surface area (Å²) in [5.41, 5.74) is 1.75. The van der Waals surface area contributed by atoms with Crippen molar-refractivity contribution >= 4 is 34.5 Å². The molecule has 2 aromatic carbocycles. The predicted octanol–water partition coefficient (Wildman–Crippen LogP) is 3.31. The molecule has 0 radical (unpaired) electrons. The number of carbonyl (C=O) groups excluding carboxylic acids is 2. The van der Waals surface area contributed by atoms with Crippen LogP contribution in [-0.4, -0.2) is 28.4 Å². The van der Waals surface area contributed by atoms with Crippen LogP contribution in [0.25, 0.3) is 17.0 Å². The van der Waals surface area contributed by atoms with Gasteiger partial charge in [0.1, 0.15) is 6.54 Å². The third-order valence-corrected chi connectivity index (χ3v) is 3.56. The Morgan fingerprint density at radius 1 is 1.08 bits per heavy atom. The molecule has 130 valence electrons. The molecule has 7 nitrogen and oxygen atoms in total. The number of carbonyl (C=O) groups is 2. The van der Waals surface area contributed by atoms with Crippen molar-refractivity contribution in [1.29, 1.82) is 0 Å². The summed E-state index contributed by atoms with van der Waals surface area (Å²) in [7, 11) is 0. The molecule has 0 aliphatic rings. The van der Waals surface area contributed by atoms with Crippen LogP contribution in [0.5, 0.6) is 5.88 Å². The standard InChI is InChI=1S/C19H16N4O3/c24-16(11-10-13-6-2-1-3-7-13)20-12-17(25)22-23-18-14-8-4-5-9-15(14)21-19(18)26/h1-11,21,26H,12H2,(H,20,24). The quantitative estimate of drug-likeness (QED) is 0.486. The van der Waals surface area contributed by atoms with Gasteiger partial charge in [-0.2, -0.15) is 0 Å². The second-order valence-corrected chi connectivity index (χ2v) is 5.42. The Morgan fingerprint density at radius 2 is 1.81 bits per heavy atom. The van der Waals surface area contributed by atoms with Gasteiger partial charge in [0.05, 0.1) is 5.52 Å². The average Bonchev–Trinajstić information content (AvgIpc) is 2.99. The summed E-state index contributed by atoms with van der Waals surface area (Å²) in [6.45, 7) is -0.287. The number of rotatable bonds is 5. The monoisotopic (exact) mass is 348 g/mol. The van der Waals surface area contributed by atoms with Crippen molar-refractivity contribution in [3.05, 3.63) is 66.2 Å². The maximum Gasteiger partial charge on any atom is 0.283 e. The number of azo groups is 1. The zero-order valence-corrected chi connectivity index (χ0v) is 13.7. The first-order chi connectivity index (χ1) is 12.6. The minimum absolute atomic E-state index is 0.169. The molecule has 26 heavy (non-hydrogen) atoms. The lowest BCUT2D eigenvalue weighted by Gasteiger charge is -1.97. The van der Waals surface area contributed by atoms with Crippen LogP contribution in [0.4, 0.5) is 5.69 Å². The predicted molar refractivity (Wildman–Crippen MR) is 98.0 cm³/mol. The van der Waals surface area contributed by atoms with Gasteiger partial charge in [-0.3, -0.25) is 9.59 Å². The minimum Gasteiger partial charge on any atom is -0.493 e. The summed E-state index contributed by atoms with van der Waals surface area (Å²) in [6.07, 6.45) is 2.98. The lowest BCUT2D eigenvalue weighted by molar-refractivity contribution is -0.122. The topological polar surface area (TPSA) is 107 Å². The Bertz CT molecular complexity index is 990. The summed E-state index contributed by atoms with van der Waals surface area (Å²) in [4.78, 5) is 26.2. The van der Waals surface area contributed by atoms with Crippen LogP contribution >= 0.6 is 0 Å². The molecule has 0 unspecified atom stereocenters. The van der Waals surface area contributed by atoms with Crippen LogP contribution in [0.2, 0.25) is 0 Å². The largest absolute Gasteiger partial charge is 0.493 e. The highest BCUT2D eigenvalue weighted by molar-refractivity contribution is 5.95. The summed E-state index contributed by atoms with van der Waals surface area (Å²) in [5.74, 6) is -1.21. The fourth-order valence-electron chi connectivity index (χ4n) is 2.31. The SMILES string of the molecule is O=C(CNC(=O)C=Cc1ccccc1)N=Nc1c(O)[nH]c2ccccc12. The average molecular weight is 348 g/mol. The lowest BCUT2D eigenvalue weighted by Crippen LogP contribution is -2.26. The van der Waals surface area contributed by atoms with E-state index in [1.54, 1.807) is 24.3 Å². The molecule has 2 amide bonds. The van der Waals surface area contributed by atoms with Gasteiger partial charge >= 0.3 is 0 Å². The first-order valence-corrected chi connectivity index (χ1v) is 7.88. The van der Waals surface area contributed by atoms with Crippen LogP contribution in [-0.2, 0) is 9.59 Å². The molecule has 0 bridgehead atoms. The molecule has 0 atom stereocenters. The molecule has 3 rings (SSSR count). The third-order valence-electron chi connectivity index (χ3n) is 3.56. The fraction of sp³-hybridized carbons (Fsp3) is 0.0526. The number of aromatic hydroxyl groups is 1. The Hall–Kier alpha value is -3.74. The van der Waals surface area contributed by atoms with Gasteiger partial charge in [0.25, 0.3) is 5.91 Å². The number of nitrogens with zero attached hydrogens (tertiary/aromatic N) is 2. The van der Waals surface area contributed by atoms with Crippen molar-refractivity contribution in [3.63, 3.8) is 0 Å². The lowest BCUT2D eigenvalue weighted by atomic mass is 10.2. The molecule has 0 aliphatic heterocycles. The molecule has 3 N–H and O–H groups in total. The summed E-state index contributed by atoms with van der Waals surface area (Å²) in [6, 6.07) is 16.4. The number of benzene rings is 2. The summed E-state index contributed by atoms with van der Waals surface area (Å²) >= 11 is 0. The zero-order valence-electron chi connectivity index (χ0n) is 13.7. The van der Waals surface area contributed by atoms with Crippen molar-refractivity contribution in [1.82, 2.24) is 10.3 Å². The molecule has 0 saturated heterocycles. The van der Waals surface area contributed by atoms with Gasteiger partial charge in [0.15, 0.2) is 5.69 Å². The Balaban J connectivity index is 1.57. The molecular formula is C19H16N4O3. The summed E-state index contributed by atoms with van der Waals surface area (Å²) < 4.78 is 0. The van der Waals surface area contributed by atoms with Crippen LogP contribution in [0.1, 0.15) is 5.56 Å². The number of nitrogens with one attached hydrogen (secondary N) is 2. The highest BCUT2D eigenvalue weighted by Crippen LogP contribution is 2.35. The highest BCUT2D eigenvalue weighted by Gasteiger charge is 2.10. The molecule has 1 aromatic heterocycles. The van der Waals surface area contributed by atoms with E-state index in [-0.39, 0.29) is 18.1 Å². The van der Waals surface area contributed by atoms with Crippen molar-refractivity contribution in [2.45, 2.75) is 0 Å². The van der Waals surface area contributed by atoms with Gasteiger partial charge in [-0.1, -0.05) is 48.5 Å². The van der Waals surface area contributed by atoms with Gasteiger partial charge in [-0.15, -0.1) is 10.2 Å².